The van der Waals surface area contributed by atoms with Crippen LogP contribution in [0.2, 0.25) is 0 Å². The molecular formula is C33H24FN3O5S2. The number of nitrogens with one attached hydrogen (secondary N) is 1. The van der Waals surface area contributed by atoms with Crippen molar-refractivity contribution in [3.63, 3.8) is 0 Å². The molecule has 2 aliphatic rings. The first-order valence-electron chi connectivity index (χ1n) is 13.8. The molecule has 0 saturated carbocycles. The normalized spacial score (nSPS) is 19.1. The lowest BCUT2D eigenvalue weighted by Gasteiger charge is -2.30. The fraction of sp³-hybridized carbons (Fsp3) is 0.152. The number of fused-ring (bicyclic) bond motifs is 3. The number of methoxy groups -OCH3 is 1. The monoisotopic (exact) mass is 625 g/mol. The summed E-state index contributed by atoms with van der Waals surface area (Å²) in [6.07, 6.45) is 0. The molecule has 0 spiro atoms. The van der Waals surface area contributed by atoms with E-state index in [1.807, 2.05) is 36.4 Å². The van der Waals surface area contributed by atoms with Gasteiger partial charge in [-0.05, 0) is 64.9 Å². The van der Waals surface area contributed by atoms with E-state index in [4.69, 9.17) is 4.74 Å². The molecule has 0 radical (unpaired) electrons. The Hall–Kier alpha value is -4.74. The number of nitrogens with zero attached hydrogens (tertiary/aromatic N) is 2. The quantitative estimate of drug-likeness (QED) is 0.245. The number of anilines is 2. The van der Waals surface area contributed by atoms with E-state index in [1.165, 1.54) is 28.7 Å². The Labute approximate surface area is 259 Å². The number of hydrogen-bond donors (Lipinski definition) is 1. The van der Waals surface area contributed by atoms with Gasteiger partial charge in [0, 0.05) is 16.5 Å². The highest BCUT2D eigenvalue weighted by Gasteiger charge is 2.56. The van der Waals surface area contributed by atoms with Crippen LogP contribution in [0.3, 0.4) is 0 Å². The minimum Gasteiger partial charge on any atom is -0.497 e. The maximum Gasteiger partial charge on any atom is 0.308 e. The van der Waals surface area contributed by atoms with E-state index in [0.717, 1.165) is 33.9 Å². The van der Waals surface area contributed by atoms with Gasteiger partial charge in [-0.3, -0.25) is 23.7 Å². The van der Waals surface area contributed by atoms with Crippen molar-refractivity contribution in [2.24, 2.45) is 5.92 Å². The second kappa shape index (κ2) is 11.1. The Morgan fingerprint density at radius 2 is 1.64 bits per heavy atom. The average molecular weight is 626 g/mol. The summed E-state index contributed by atoms with van der Waals surface area (Å²) >= 11 is 2.07. The summed E-state index contributed by atoms with van der Waals surface area (Å²) in [7, 11) is 1.53. The third-order valence-corrected chi connectivity index (χ3v) is 10.5. The van der Waals surface area contributed by atoms with Crippen LogP contribution in [0, 0.1) is 11.7 Å². The van der Waals surface area contributed by atoms with Crippen LogP contribution in [0.1, 0.15) is 16.4 Å². The van der Waals surface area contributed by atoms with Crippen molar-refractivity contribution in [2.45, 2.75) is 22.7 Å². The highest BCUT2D eigenvalue weighted by atomic mass is 32.2. The molecular weight excluding hydrogens is 602 g/mol. The first kappa shape index (κ1) is 28.1. The van der Waals surface area contributed by atoms with Crippen molar-refractivity contribution in [3.8, 4) is 5.75 Å². The molecule has 4 aromatic carbocycles. The number of thioether (sulfide) groups is 1. The summed E-state index contributed by atoms with van der Waals surface area (Å²) in [5.41, 5.74) is 1.60. The zero-order valence-corrected chi connectivity index (χ0v) is 24.9. The van der Waals surface area contributed by atoms with Crippen LogP contribution < -0.4 is 19.8 Å². The van der Waals surface area contributed by atoms with Gasteiger partial charge in [-0.25, -0.2) is 9.29 Å². The number of imide groups is 1. The van der Waals surface area contributed by atoms with Gasteiger partial charge in [0.2, 0.25) is 17.7 Å². The maximum atomic E-state index is 14.0. The van der Waals surface area contributed by atoms with Crippen LogP contribution in [0.4, 0.5) is 15.8 Å². The number of halogens is 1. The van der Waals surface area contributed by atoms with Gasteiger partial charge in [0.15, 0.2) is 0 Å². The summed E-state index contributed by atoms with van der Waals surface area (Å²) in [6.45, 7) is -0.275. The van der Waals surface area contributed by atoms with Gasteiger partial charge in [0.25, 0.3) is 0 Å². The van der Waals surface area contributed by atoms with Crippen molar-refractivity contribution in [1.82, 2.24) is 4.57 Å². The van der Waals surface area contributed by atoms with Crippen LogP contribution in [0.25, 0.3) is 10.8 Å². The zero-order chi connectivity index (χ0) is 30.5. The molecule has 3 atom stereocenters. The Morgan fingerprint density at radius 3 is 2.36 bits per heavy atom. The molecule has 44 heavy (non-hydrogen) atoms. The van der Waals surface area contributed by atoms with Gasteiger partial charge in [0.05, 0.1) is 23.7 Å². The standard InChI is InChI=1S/C33H24FN3O5S2/c1-42-24-14-12-23(13-15-24)37-30(39)27-26(19-6-9-21(34)10-7-19)29-32(43-28(27)31(37)40)36(33(41)44-29)17-25(38)35-22-11-8-18-4-2-3-5-20(18)16-22/h2-16,26-28H,17H2,1H3,(H,35,38)/t26-,27-,28+/m0/s1. The van der Waals surface area contributed by atoms with Crippen molar-refractivity contribution in [3.05, 3.63) is 117 Å². The molecule has 11 heteroatoms. The van der Waals surface area contributed by atoms with Crippen molar-refractivity contribution >= 4 is 63.0 Å². The molecule has 8 nitrogen and oxygen atoms in total. The molecule has 7 rings (SSSR count). The Kier molecular flexibility index (Phi) is 7.06. The van der Waals surface area contributed by atoms with E-state index < -0.39 is 40.6 Å². The fourth-order valence-corrected chi connectivity index (χ4v) is 8.65. The number of carbonyl (C=O) groups excluding carboxylic acids is 3. The molecule has 0 aliphatic carbocycles. The highest BCUT2D eigenvalue weighted by Crippen LogP contribution is 2.54. The molecule has 1 fully saturated rings. The van der Waals surface area contributed by atoms with Crippen LogP contribution in [-0.2, 0) is 20.9 Å². The number of rotatable bonds is 6. The SMILES string of the molecule is COc1ccc(N2C(=O)[C@H]3[C@H](c4ccc(F)cc4)c4sc(=O)n(CC(=O)Nc5ccc6ccccc6c5)c4S[C@H]3C2=O)cc1. The van der Waals surface area contributed by atoms with Crippen molar-refractivity contribution < 1.29 is 23.5 Å². The van der Waals surface area contributed by atoms with E-state index >= 15 is 0 Å². The van der Waals surface area contributed by atoms with Crippen molar-refractivity contribution in [1.29, 1.82) is 0 Å². The third-order valence-electron chi connectivity index (χ3n) is 7.94. The predicted molar refractivity (Wildman–Crippen MR) is 168 cm³/mol. The highest BCUT2D eigenvalue weighted by molar-refractivity contribution is 8.00. The predicted octanol–water partition coefficient (Wildman–Crippen LogP) is 5.65. The van der Waals surface area contributed by atoms with E-state index in [0.29, 0.717) is 32.6 Å². The number of thiazole rings is 1. The summed E-state index contributed by atoms with van der Waals surface area (Å²) in [5, 5.41) is 4.48. The molecule has 1 saturated heterocycles. The van der Waals surface area contributed by atoms with Gasteiger partial charge in [-0.2, -0.15) is 0 Å². The number of carbonyl (C=O) groups is 3. The third kappa shape index (κ3) is 4.78. The zero-order valence-electron chi connectivity index (χ0n) is 23.2. The summed E-state index contributed by atoms with van der Waals surface area (Å²) in [6, 6.07) is 25.7. The van der Waals surface area contributed by atoms with Gasteiger partial charge in [-0.1, -0.05) is 65.6 Å². The Bertz CT molecular complexity index is 2010. The van der Waals surface area contributed by atoms with Crippen LogP contribution >= 0.6 is 23.1 Å². The Balaban J connectivity index is 1.25. The van der Waals surface area contributed by atoms with Crippen LogP contribution in [-0.4, -0.2) is 34.6 Å². The van der Waals surface area contributed by atoms with E-state index in [-0.39, 0.29) is 11.4 Å². The number of benzene rings is 4. The minimum absolute atomic E-state index is 0.275. The lowest BCUT2D eigenvalue weighted by atomic mass is 9.83. The molecule has 1 aromatic heterocycles. The second-order valence-electron chi connectivity index (χ2n) is 10.5. The maximum absolute atomic E-state index is 14.0. The number of amides is 3. The number of aromatic nitrogens is 1. The summed E-state index contributed by atoms with van der Waals surface area (Å²) in [5.74, 6) is -2.60. The van der Waals surface area contributed by atoms with Crippen LogP contribution in [0.15, 0.2) is 101 Å². The average Bonchev–Trinajstić information content (AvgIpc) is 3.47. The van der Waals surface area contributed by atoms with Crippen molar-refractivity contribution in [2.75, 3.05) is 17.3 Å². The first-order valence-corrected chi connectivity index (χ1v) is 15.5. The largest absolute Gasteiger partial charge is 0.497 e. The van der Waals surface area contributed by atoms with E-state index in [1.54, 1.807) is 42.5 Å². The molecule has 5 aromatic rings. The minimum atomic E-state index is -0.851. The molecule has 3 amide bonds. The van der Waals surface area contributed by atoms with Gasteiger partial charge >= 0.3 is 4.87 Å². The number of ether oxygens (including phenoxy) is 1. The molecule has 0 bridgehead atoms. The number of hydrogen-bond acceptors (Lipinski definition) is 7. The summed E-state index contributed by atoms with van der Waals surface area (Å²) in [4.78, 5) is 55.8. The lowest BCUT2D eigenvalue weighted by Crippen LogP contribution is -2.33. The van der Waals surface area contributed by atoms with Gasteiger partial charge in [0.1, 0.15) is 23.4 Å². The lowest BCUT2D eigenvalue weighted by molar-refractivity contribution is -0.122. The molecule has 220 valence electrons. The van der Waals surface area contributed by atoms with Gasteiger partial charge in [-0.15, -0.1) is 0 Å². The smallest absolute Gasteiger partial charge is 0.308 e. The van der Waals surface area contributed by atoms with Crippen LogP contribution in [0.5, 0.6) is 5.75 Å². The molecule has 2 aliphatic heterocycles. The van der Waals surface area contributed by atoms with Gasteiger partial charge < -0.3 is 10.1 Å². The second-order valence-corrected chi connectivity index (χ2v) is 12.7. The molecule has 3 heterocycles. The molecule has 1 N–H and O–H groups in total. The fourth-order valence-electron chi connectivity index (χ4n) is 5.88. The van der Waals surface area contributed by atoms with E-state index in [2.05, 4.69) is 5.32 Å². The van der Waals surface area contributed by atoms with E-state index in [9.17, 15) is 23.6 Å². The Morgan fingerprint density at radius 1 is 0.909 bits per heavy atom. The summed E-state index contributed by atoms with van der Waals surface area (Å²) < 4.78 is 20.5. The topological polar surface area (TPSA) is 97.7 Å². The first-order chi connectivity index (χ1) is 21.3. The molecule has 0 unspecified atom stereocenters.